The lowest BCUT2D eigenvalue weighted by molar-refractivity contribution is 0.583. The fraction of sp³-hybridized carbons (Fsp3) is 0.467. The quantitative estimate of drug-likeness (QED) is 0.182. The van der Waals surface area contributed by atoms with E-state index in [0.29, 0.717) is 0 Å². The van der Waals surface area contributed by atoms with Gasteiger partial charge in [-0.3, -0.25) is 0 Å². The summed E-state index contributed by atoms with van der Waals surface area (Å²) >= 11 is 0. The maximum Gasteiger partial charge on any atom is 0.123 e. The highest BCUT2D eigenvalue weighted by Gasteiger charge is 2.14. The first kappa shape index (κ1) is 44.9. The van der Waals surface area contributed by atoms with Gasteiger partial charge < -0.3 is 0 Å². The first-order valence-electron chi connectivity index (χ1n) is 16.0. The maximum absolute atomic E-state index is 12.5. The summed E-state index contributed by atoms with van der Waals surface area (Å²) < 4.78 is 12.5. The van der Waals surface area contributed by atoms with Crippen LogP contribution in [0, 0.1) is 26.6 Å². The van der Waals surface area contributed by atoms with E-state index in [2.05, 4.69) is 177 Å². The third-order valence-corrected chi connectivity index (χ3v) is 7.46. The molecule has 0 N–H and O–H groups in total. The molecule has 0 aliphatic heterocycles. The Morgan fingerprint density at radius 1 is 0.304 bits per heavy atom. The first-order chi connectivity index (χ1) is 20.0. The molecule has 0 heterocycles. The highest BCUT2D eigenvalue weighted by Crippen LogP contribution is 2.24. The largest absolute Gasteiger partial charge is 0.207 e. The van der Waals surface area contributed by atoms with Gasteiger partial charge in [0.05, 0.1) is 0 Å². The standard InChI is InChI=1S/3C11H16.C10H13F.2CH4/c3*1-9-5-7-10(8-6-9)11(2,3)4;1-10(2,3)8-4-6-9(11)7-5-8;;/h3*5-8H,1-4H3;4-7H,1-3H3;2*1H4. The molecule has 0 saturated heterocycles. The number of benzene rings is 4. The number of halogens is 1. The van der Waals surface area contributed by atoms with Crippen molar-refractivity contribution in [2.24, 2.45) is 0 Å². The van der Waals surface area contributed by atoms with Crippen LogP contribution in [0.2, 0.25) is 0 Å². The van der Waals surface area contributed by atoms with E-state index in [1.807, 2.05) is 12.1 Å². The zero-order valence-electron chi connectivity index (χ0n) is 30.6. The molecule has 0 aliphatic rings. The number of aryl methyl sites for hydroxylation is 3. The van der Waals surface area contributed by atoms with Crippen molar-refractivity contribution in [1.82, 2.24) is 0 Å². The van der Waals surface area contributed by atoms with Gasteiger partial charge in [0.1, 0.15) is 5.82 Å². The van der Waals surface area contributed by atoms with Crippen molar-refractivity contribution < 1.29 is 4.39 Å². The second kappa shape index (κ2) is 18.8. The molecule has 4 aromatic carbocycles. The molecule has 4 rings (SSSR count). The van der Waals surface area contributed by atoms with E-state index in [4.69, 9.17) is 0 Å². The monoisotopic (exact) mass is 629 g/mol. The molecular formula is C45H69F. The van der Waals surface area contributed by atoms with Crippen LogP contribution < -0.4 is 0 Å². The van der Waals surface area contributed by atoms with Crippen LogP contribution in [0.15, 0.2) is 97.1 Å². The summed E-state index contributed by atoms with van der Waals surface area (Å²) in [5.74, 6) is -0.169. The summed E-state index contributed by atoms with van der Waals surface area (Å²) in [5, 5.41) is 0. The summed E-state index contributed by atoms with van der Waals surface area (Å²) in [6.45, 7) is 32.8. The molecule has 0 unspecified atom stereocenters. The summed E-state index contributed by atoms with van der Waals surface area (Å²) in [7, 11) is 0. The molecule has 0 bridgehead atoms. The average molecular weight is 629 g/mol. The van der Waals surface area contributed by atoms with Crippen molar-refractivity contribution in [3.05, 3.63) is 142 Å². The lowest BCUT2D eigenvalue weighted by atomic mass is 9.87. The van der Waals surface area contributed by atoms with Gasteiger partial charge in [-0.2, -0.15) is 0 Å². The van der Waals surface area contributed by atoms with E-state index in [9.17, 15) is 4.39 Å². The Morgan fingerprint density at radius 3 is 0.609 bits per heavy atom. The predicted molar refractivity (Wildman–Crippen MR) is 208 cm³/mol. The van der Waals surface area contributed by atoms with Gasteiger partial charge in [-0.1, -0.05) is 200 Å². The number of rotatable bonds is 0. The molecule has 256 valence electrons. The fourth-order valence-electron chi connectivity index (χ4n) is 4.11. The van der Waals surface area contributed by atoms with E-state index in [1.165, 1.54) is 51.1 Å². The van der Waals surface area contributed by atoms with Crippen molar-refractivity contribution in [2.45, 2.75) is 140 Å². The topological polar surface area (TPSA) is 0 Å². The van der Waals surface area contributed by atoms with Gasteiger partial charge in [0.25, 0.3) is 0 Å². The van der Waals surface area contributed by atoms with Crippen molar-refractivity contribution in [3.8, 4) is 0 Å². The van der Waals surface area contributed by atoms with Crippen LogP contribution in [0.4, 0.5) is 4.39 Å². The summed E-state index contributed by atoms with van der Waals surface area (Å²) in [4.78, 5) is 0. The number of hydrogen-bond donors (Lipinski definition) is 0. The minimum absolute atomic E-state index is 0. The number of hydrogen-bond acceptors (Lipinski definition) is 0. The molecule has 0 radical (unpaired) electrons. The molecule has 0 amide bonds. The van der Waals surface area contributed by atoms with Gasteiger partial charge in [0.15, 0.2) is 0 Å². The molecule has 1 heteroatoms. The average Bonchev–Trinajstić information content (AvgIpc) is 2.89. The third kappa shape index (κ3) is 17.5. The van der Waals surface area contributed by atoms with Crippen LogP contribution in [0.3, 0.4) is 0 Å². The normalized spacial score (nSPS) is 11.1. The van der Waals surface area contributed by atoms with E-state index >= 15 is 0 Å². The molecule has 0 spiro atoms. The Bertz CT molecular complexity index is 1120. The Morgan fingerprint density at radius 2 is 0.457 bits per heavy atom. The predicted octanol–water partition coefficient (Wildman–Crippen LogP) is 14.3. The first-order valence-corrected chi connectivity index (χ1v) is 16.0. The summed E-state index contributed by atoms with van der Waals surface area (Å²) in [6.07, 6.45) is 0. The second-order valence-corrected chi connectivity index (χ2v) is 16.1. The van der Waals surface area contributed by atoms with Crippen LogP contribution >= 0.6 is 0 Å². The van der Waals surface area contributed by atoms with Crippen LogP contribution in [-0.2, 0) is 21.7 Å². The van der Waals surface area contributed by atoms with E-state index < -0.39 is 0 Å². The molecule has 0 atom stereocenters. The molecular weight excluding hydrogens is 559 g/mol. The Hall–Kier alpha value is -3.19. The SMILES string of the molecule is C.C.CC(C)(C)c1ccc(F)cc1.Cc1ccc(C(C)(C)C)cc1.Cc1ccc(C(C)(C)C)cc1.Cc1ccc(C(C)(C)C)cc1. The molecule has 0 aromatic heterocycles. The molecule has 46 heavy (non-hydrogen) atoms. The van der Waals surface area contributed by atoms with Crippen molar-refractivity contribution in [3.63, 3.8) is 0 Å². The molecule has 4 aromatic rings. The van der Waals surface area contributed by atoms with Gasteiger partial charge in [0.2, 0.25) is 0 Å². The van der Waals surface area contributed by atoms with E-state index in [0.717, 1.165) is 0 Å². The van der Waals surface area contributed by atoms with Crippen molar-refractivity contribution >= 4 is 0 Å². The zero-order chi connectivity index (χ0) is 33.9. The Balaban J connectivity index is 0. The lowest BCUT2D eigenvalue weighted by Gasteiger charge is -2.18. The van der Waals surface area contributed by atoms with Crippen LogP contribution in [0.25, 0.3) is 0 Å². The molecule has 0 saturated carbocycles. The minimum Gasteiger partial charge on any atom is -0.207 e. The lowest BCUT2D eigenvalue weighted by Crippen LogP contribution is -2.10. The van der Waals surface area contributed by atoms with Crippen LogP contribution in [0.5, 0.6) is 0 Å². The van der Waals surface area contributed by atoms with Gasteiger partial charge in [-0.15, -0.1) is 0 Å². The smallest absolute Gasteiger partial charge is 0.123 e. The third-order valence-electron chi connectivity index (χ3n) is 7.46. The molecule has 0 nitrogen and oxygen atoms in total. The van der Waals surface area contributed by atoms with Gasteiger partial charge >= 0.3 is 0 Å². The van der Waals surface area contributed by atoms with Gasteiger partial charge in [-0.25, -0.2) is 4.39 Å². The Kier molecular flexibility index (Phi) is 18.4. The fourth-order valence-corrected chi connectivity index (χ4v) is 4.11. The maximum atomic E-state index is 12.5. The summed E-state index contributed by atoms with van der Waals surface area (Å²) in [5.41, 5.74) is 10.4. The summed E-state index contributed by atoms with van der Waals surface area (Å²) in [6, 6.07) is 32.9. The minimum atomic E-state index is -0.169. The zero-order valence-corrected chi connectivity index (χ0v) is 30.6. The molecule has 0 aliphatic carbocycles. The van der Waals surface area contributed by atoms with Crippen LogP contribution in [-0.4, -0.2) is 0 Å². The second-order valence-electron chi connectivity index (χ2n) is 16.1. The Labute approximate surface area is 285 Å². The van der Waals surface area contributed by atoms with Crippen LogP contribution in [0.1, 0.15) is 137 Å². The van der Waals surface area contributed by atoms with E-state index in [1.54, 1.807) is 0 Å². The van der Waals surface area contributed by atoms with Gasteiger partial charge in [0, 0.05) is 0 Å². The highest BCUT2D eigenvalue weighted by atomic mass is 19.1. The van der Waals surface area contributed by atoms with E-state index in [-0.39, 0.29) is 42.3 Å². The van der Waals surface area contributed by atoms with Gasteiger partial charge in [-0.05, 0) is 76.8 Å². The highest BCUT2D eigenvalue weighted by molar-refractivity contribution is 5.28. The van der Waals surface area contributed by atoms with Crippen molar-refractivity contribution in [2.75, 3.05) is 0 Å². The molecule has 0 fully saturated rings. The van der Waals surface area contributed by atoms with Crippen molar-refractivity contribution in [1.29, 1.82) is 0 Å².